The quantitative estimate of drug-likeness (QED) is 0.210. The zero-order valence-electron chi connectivity index (χ0n) is 27.2. The van der Waals surface area contributed by atoms with Crippen LogP contribution < -0.4 is 20.5 Å². The smallest absolute Gasteiger partial charge is 0.322 e. The maximum Gasteiger partial charge on any atom is 0.322 e. The molecule has 14 heteroatoms. The van der Waals surface area contributed by atoms with E-state index in [0.29, 0.717) is 43.6 Å². The number of pyridine rings is 1. The molecule has 0 bridgehead atoms. The maximum absolute atomic E-state index is 14.5. The average Bonchev–Trinajstić information content (AvgIpc) is 3.03. The summed E-state index contributed by atoms with van der Waals surface area (Å²) in [4.78, 5) is 33.6. The number of rotatable bonds is 13. The minimum atomic E-state index is -3.56. The Morgan fingerprint density at radius 1 is 1.04 bits per heavy atom. The van der Waals surface area contributed by atoms with Crippen molar-refractivity contribution in [2.45, 2.75) is 82.3 Å². The van der Waals surface area contributed by atoms with Gasteiger partial charge < -0.3 is 20.7 Å². The summed E-state index contributed by atoms with van der Waals surface area (Å²) >= 11 is 0. The van der Waals surface area contributed by atoms with E-state index in [4.69, 9.17) is 10.5 Å². The van der Waals surface area contributed by atoms with Crippen LogP contribution in [-0.2, 0) is 16.6 Å². The third-order valence-corrected chi connectivity index (χ3v) is 10.5. The molecule has 48 heavy (non-hydrogen) atoms. The molecular weight excluding hydrogens is 642 g/mol. The predicted octanol–water partition coefficient (Wildman–Crippen LogP) is 5.69. The number of aryl methyl sites for hydroxylation is 1. The van der Waals surface area contributed by atoms with E-state index in [0.717, 1.165) is 62.5 Å². The summed E-state index contributed by atoms with van der Waals surface area (Å²) in [5, 5.41) is 2.51. The molecule has 0 radical (unpaired) electrons. The second-order valence-corrected chi connectivity index (χ2v) is 14.1. The van der Waals surface area contributed by atoms with E-state index in [-0.39, 0.29) is 22.7 Å². The first-order valence-corrected chi connectivity index (χ1v) is 17.8. The summed E-state index contributed by atoms with van der Waals surface area (Å²) in [6.45, 7) is 6.50. The Bertz CT molecular complexity index is 1730. The number of nitrogens with zero attached hydrogens (tertiary/aromatic N) is 3. The van der Waals surface area contributed by atoms with Gasteiger partial charge in [0.25, 0.3) is 5.91 Å². The van der Waals surface area contributed by atoms with Crippen LogP contribution in [0.1, 0.15) is 73.5 Å². The van der Waals surface area contributed by atoms with Crippen LogP contribution in [0.15, 0.2) is 53.4 Å². The molecule has 3 amide bonds. The molecule has 2 aromatic carbocycles. The van der Waals surface area contributed by atoms with Crippen LogP contribution in [0.2, 0.25) is 0 Å². The number of amides is 3. The molecule has 1 saturated carbocycles. The number of hydrogen-bond acceptors (Lipinski definition) is 7. The van der Waals surface area contributed by atoms with Crippen molar-refractivity contribution in [2.75, 3.05) is 25.0 Å². The van der Waals surface area contributed by atoms with Gasteiger partial charge in [-0.05, 0) is 74.9 Å². The Balaban J connectivity index is 1.16. The van der Waals surface area contributed by atoms with Gasteiger partial charge in [0.05, 0.1) is 16.1 Å². The van der Waals surface area contributed by atoms with E-state index in [1.807, 2.05) is 19.9 Å². The molecule has 3 aromatic rings. The molecule has 1 saturated heterocycles. The summed E-state index contributed by atoms with van der Waals surface area (Å²) in [6.07, 6.45) is 5.78. The van der Waals surface area contributed by atoms with E-state index >= 15 is 0 Å². The Labute approximate surface area is 279 Å². The van der Waals surface area contributed by atoms with Crippen LogP contribution in [0.5, 0.6) is 11.6 Å². The van der Waals surface area contributed by atoms with Crippen molar-refractivity contribution >= 4 is 27.6 Å². The fraction of sp³-hybridized carbons (Fsp3) is 0.441. The number of anilines is 1. The Morgan fingerprint density at radius 3 is 2.35 bits per heavy atom. The molecule has 1 aliphatic heterocycles. The minimum Gasteiger partial charge on any atom is -0.439 e. The summed E-state index contributed by atoms with van der Waals surface area (Å²) in [5.74, 6) is -2.25. The van der Waals surface area contributed by atoms with Gasteiger partial charge in [0, 0.05) is 56.1 Å². The highest BCUT2D eigenvalue weighted by Crippen LogP contribution is 2.27. The first-order chi connectivity index (χ1) is 22.9. The second-order valence-electron chi connectivity index (χ2n) is 12.4. The van der Waals surface area contributed by atoms with Crippen molar-refractivity contribution in [1.82, 2.24) is 19.5 Å². The number of nitrogens with two attached hydrogens (primary N) is 1. The second kappa shape index (κ2) is 15.4. The molecule has 11 nitrogen and oxygen atoms in total. The number of hydrogen-bond donors (Lipinski definition) is 3. The number of nitrogens with one attached hydrogen (secondary N) is 2. The van der Waals surface area contributed by atoms with Gasteiger partial charge in [-0.25, -0.2) is 31.7 Å². The lowest BCUT2D eigenvalue weighted by Gasteiger charge is -2.38. The van der Waals surface area contributed by atoms with E-state index in [1.165, 1.54) is 12.1 Å². The molecule has 1 aromatic heterocycles. The highest BCUT2D eigenvalue weighted by atomic mass is 32.2. The molecule has 258 valence electrons. The normalized spacial score (nSPS) is 15.9. The van der Waals surface area contributed by atoms with Crippen molar-refractivity contribution in [3.05, 3.63) is 77.0 Å². The highest BCUT2D eigenvalue weighted by Gasteiger charge is 2.29. The Kier molecular flexibility index (Phi) is 11.3. The number of ether oxygens (including phenoxy) is 1. The summed E-state index contributed by atoms with van der Waals surface area (Å²) in [6, 6.07) is 10.9. The topological polar surface area (TPSA) is 147 Å². The van der Waals surface area contributed by atoms with E-state index in [9.17, 15) is 26.8 Å². The lowest BCUT2D eigenvalue weighted by molar-refractivity contribution is 0.0996. The lowest BCUT2D eigenvalue weighted by Crippen LogP contribution is -2.49. The van der Waals surface area contributed by atoms with E-state index in [1.54, 1.807) is 23.1 Å². The van der Waals surface area contributed by atoms with Crippen LogP contribution in [0.3, 0.4) is 0 Å². The van der Waals surface area contributed by atoms with Crippen molar-refractivity contribution < 1.29 is 31.5 Å². The molecular formula is C34H42F2N6O5S. The molecule has 4 N–H and O–H groups in total. The predicted molar refractivity (Wildman–Crippen MR) is 177 cm³/mol. The SMILES string of the molecule is CCCCN(C(=O)Nc1cc(C(N)=O)c(F)cc1F)C1CCN(Cc2ccc(Oc3ccc(S(=O)(=O)NC4CCC4)cc3)nc2C)CC1. The van der Waals surface area contributed by atoms with Gasteiger partial charge in [-0.3, -0.25) is 9.69 Å². The average molecular weight is 685 g/mol. The number of halogens is 2. The Hall–Kier alpha value is -4.14. The highest BCUT2D eigenvalue weighted by molar-refractivity contribution is 7.89. The van der Waals surface area contributed by atoms with Crippen LogP contribution in [0, 0.1) is 18.6 Å². The number of sulfonamides is 1. The van der Waals surface area contributed by atoms with Gasteiger partial charge in [-0.15, -0.1) is 0 Å². The molecule has 0 atom stereocenters. The number of unbranched alkanes of at least 4 members (excludes halogenated alkanes) is 1. The van der Waals surface area contributed by atoms with Crippen LogP contribution in [0.25, 0.3) is 0 Å². The van der Waals surface area contributed by atoms with Crippen molar-refractivity contribution in [2.24, 2.45) is 5.73 Å². The van der Waals surface area contributed by atoms with Crippen LogP contribution >= 0.6 is 0 Å². The van der Waals surface area contributed by atoms with Crippen molar-refractivity contribution in [3.63, 3.8) is 0 Å². The molecule has 0 spiro atoms. The molecule has 1 aliphatic carbocycles. The molecule has 5 rings (SSSR count). The van der Waals surface area contributed by atoms with Crippen molar-refractivity contribution in [3.8, 4) is 11.6 Å². The van der Waals surface area contributed by atoms with Gasteiger partial charge in [-0.2, -0.15) is 0 Å². The van der Waals surface area contributed by atoms with Gasteiger partial charge in [0.1, 0.15) is 17.4 Å². The zero-order valence-corrected chi connectivity index (χ0v) is 28.0. The van der Waals surface area contributed by atoms with Crippen molar-refractivity contribution in [1.29, 1.82) is 0 Å². The number of benzene rings is 2. The third-order valence-electron chi connectivity index (χ3n) is 8.92. The minimum absolute atomic E-state index is 0.0109. The fourth-order valence-corrected chi connectivity index (χ4v) is 7.15. The molecule has 2 aliphatic rings. The molecule has 2 fully saturated rings. The first kappa shape index (κ1) is 35.2. The Morgan fingerprint density at radius 2 is 1.75 bits per heavy atom. The third kappa shape index (κ3) is 8.65. The first-order valence-electron chi connectivity index (χ1n) is 16.3. The number of aromatic nitrogens is 1. The number of likely N-dealkylation sites (tertiary alicyclic amines) is 1. The zero-order chi connectivity index (χ0) is 34.4. The standard InChI is InChI=1S/C34H42F2N6O5S/c1-3-4-16-42(34(44)39-31-19-28(33(37)43)29(35)20-30(31)36)25-14-17-41(18-15-25)21-23-8-13-32(38-22(23)2)47-26-9-11-27(12-10-26)48(45,46)40-24-6-5-7-24/h8-13,19-20,24-25,40H,3-7,14-18,21H2,1-2H3,(H2,37,43)(H,39,44). The summed E-state index contributed by atoms with van der Waals surface area (Å²) < 4.78 is 62.2. The number of urea groups is 1. The van der Waals surface area contributed by atoms with E-state index in [2.05, 4.69) is 19.9 Å². The lowest BCUT2D eigenvalue weighted by atomic mass is 9.94. The largest absolute Gasteiger partial charge is 0.439 e. The van der Waals surface area contributed by atoms with Gasteiger partial charge >= 0.3 is 6.03 Å². The number of carbonyl (C=O) groups excluding carboxylic acids is 2. The number of carbonyl (C=O) groups is 2. The van der Waals surface area contributed by atoms with Gasteiger partial charge in [-0.1, -0.05) is 25.8 Å². The van der Waals surface area contributed by atoms with Crippen LogP contribution in [0.4, 0.5) is 19.3 Å². The van der Waals surface area contributed by atoms with E-state index < -0.39 is 39.2 Å². The molecule has 2 heterocycles. The fourth-order valence-electron chi connectivity index (χ4n) is 5.84. The maximum atomic E-state index is 14.5. The summed E-state index contributed by atoms with van der Waals surface area (Å²) in [5.41, 5.74) is 6.23. The van der Waals surface area contributed by atoms with Gasteiger partial charge in [0.2, 0.25) is 15.9 Å². The number of primary amides is 1. The summed E-state index contributed by atoms with van der Waals surface area (Å²) in [7, 11) is -3.56. The number of piperidine rings is 1. The monoisotopic (exact) mass is 684 g/mol. The van der Waals surface area contributed by atoms with Gasteiger partial charge in [0.15, 0.2) is 0 Å². The van der Waals surface area contributed by atoms with Crippen LogP contribution in [-0.4, -0.2) is 66.9 Å². The molecule has 0 unspecified atom stereocenters.